The lowest BCUT2D eigenvalue weighted by atomic mass is 9.53. The van der Waals surface area contributed by atoms with E-state index < -0.39 is 8.80 Å². The van der Waals surface area contributed by atoms with Crippen LogP contribution in [0.4, 0.5) is 0 Å². The molecule has 3 atom stereocenters. The van der Waals surface area contributed by atoms with Gasteiger partial charge in [0.1, 0.15) is 8.80 Å². The summed E-state index contributed by atoms with van der Waals surface area (Å²) in [6.45, 7) is 12.7. The zero-order valence-corrected chi connectivity index (χ0v) is 22.5. The van der Waals surface area contributed by atoms with Crippen LogP contribution in [0.5, 0.6) is 0 Å². The molecule has 4 rings (SSSR count). The first-order valence-corrected chi connectivity index (χ1v) is 14.8. The van der Waals surface area contributed by atoms with Gasteiger partial charge in [0, 0.05) is 11.6 Å². The van der Waals surface area contributed by atoms with Crippen molar-refractivity contribution in [1.82, 2.24) is 5.32 Å². The second kappa shape index (κ2) is 9.76. The average Bonchev–Trinajstić information content (AvgIpc) is 3.32. The van der Waals surface area contributed by atoms with Crippen LogP contribution in [0.25, 0.3) is 0 Å². The van der Waals surface area contributed by atoms with Gasteiger partial charge in [-0.3, -0.25) is 0 Å². The monoisotopic (exact) mass is 457 g/mol. The van der Waals surface area contributed by atoms with Gasteiger partial charge < -0.3 is 5.32 Å². The summed E-state index contributed by atoms with van der Waals surface area (Å²) < 4.78 is 0. The molecule has 0 radical (unpaired) electrons. The Labute approximate surface area is 204 Å². The van der Waals surface area contributed by atoms with Gasteiger partial charge in [0.2, 0.25) is 0 Å². The summed E-state index contributed by atoms with van der Waals surface area (Å²) in [5, 5.41) is 7.53. The van der Waals surface area contributed by atoms with Gasteiger partial charge in [0.05, 0.1) is 0 Å². The van der Waals surface area contributed by atoms with Crippen LogP contribution in [0.1, 0.15) is 66.7 Å². The minimum atomic E-state index is -1.58. The molecule has 0 amide bonds. The molecule has 2 aliphatic carbocycles. The summed E-state index contributed by atoms with van der Waals surface area (Å²) in [6, 6.07) is 23.4. The quantitative estimate of drug-likeness (QED) is 0.462. The zero-order valence-electron chi connectivity index (χ0n) is 21.4. The molecule has 2 aliphatic rings. The van der Waals surface area contributed by atoms with Crippen molar-refractivity contribution in [1.29, 1.82) is 0 Å². The highest BCUT2D eigenvalue weighted by molar-refractivity contribution is 6.87. The van der Waals surface area contributed by atoms with E-state index in [1.165, 1.54) is 32.1 Å². The lowest BCUT2D eigenvalue weighted by Gasteiger charge is -2.65. The van der Waals surface area contributed by atoms with Crippen LogP contribution in [0, 0.1) is 11.3 Å². The number of hydrogen-bond acceptors (Lipinski definition) is 1. The van der Waals surface area contributed by atoms with Crippen molar-refractivity contribution in [3.8, 4) is 0 Å². The van der Waals surface area contributed by atoms with Crippen molar-refractivity contribution in [3.05, 3.63) is 85.0 Å². The molecule has 0 spiro atoms. The van der Waals surface area contributed by atoms with E-state index in [-0.39, 0.29) is 16.0 Å². The molecule has 2 aromatic carbocycles. The second-order valence-electron chi connectivity index (χ2n) is 11.3. The van der Waals surface area contributed by atoms with E-state index >= 15 is 0 Å². The number of rotatable bonds is 8. The van der Waals surface area contributed by atoms with E-state index in [2.05, 4.69) is 125 Å². The lowest BCUT2D eigenvalue weighted by molar-refractivity contribution is -0.00734. The molecule has 0 bridgehead atoms. The van der Waals surface area contributed by atoms with E-state index in [1.54, 1.807) is 10.4 Å². The van der Waals surface area contributed by atoms with Gasteiger partial charge in [-0.2, -0.15) is 0 Å². The Balaban J connectivity index is 1.87. The Kier molecular flexibility index (Phi) is 7.17. The molecular formula is C31H43NSi. The number of unbranched alkanes of at least 4 members (excludes halogenated alkanes) is 1. The number of nitrogens with one attached hydrogen (secondary N) is 1. The van der Waals surface area contributed by atoms with E-state index in [0.717, 1.165) is 5.92 Å². The number of benzene rings is 2. The number of allylic oxidation sites excluding steroid dienone is 2. The van der Waals surface area contributed by atoms with Gasteiger partial charge in [-0.25, -0.2) is 0 Å². The fourth-order valence-electron chi connectivity index (χ4n) is 7.00. The molecule has 1 nitrogen and oxygen atoms in total. The largest absolute Gasteiger partial charge is 0.301 e. The third-order valence-corrected chi connectivity index (χ3v) is 14.1. The Morgan fingerprint density at radius 2 is 1.39 bits per heavy atom. The Morgan fingerprint density at radius 1 is 0.848 bits per heavy atom. The summed E-state index contributed by atoms with van der Waals surface area (Å²) >= 11 is 0. The van der Waals surface area contributed by atoms with Crippen molar-refractivity contribution < 1.29 is 0 Å². The van der Waals surface area contributed by atoms with Crippen LogP contribution in [0.15, 0.2) is 85.0 Å². The van der Waals surface area contributed by atoms with Crippen LogP contribution in [-0.2, 0) is 0 Å². The maximum Gasteiger partial charge on any atom is 0.109 e. The molecule has 176 valence electrons. The first-order chi connectivity index (χ1) is 15.8. The van der Waals surface area contributed by atoms with Gasteiger partial charge in [-0.15, -0.1) is 0 Å². The Bertz CT molecular complexity index is 911. The predicted octanol–water partition coefficient (Wildman–Crippen LogP) is 6.26. The van der Waals surface area contributed by atoms with E-state index in [4.69, 9.17) is 0 Å². The van der Waals surface area contributed by atoms with Crippen molar-refractivity contribution in [3.63, 3.8) is 0 Å². The van der Waals surface area contributed by atoms with Crippen molar-refractivity contribution >= 4 is 19.2 Å². The van der Waals surface area contributed by atoms with Crippen LogP contribution in [-0.4, -0.2) is 20.4 Å². The van der Waals surface area contributed by atoms with Crippen LogP contribution >= 0.6 is 0 Å². The molecule has 0 heterocycles. The SMILES string of the molecule is CCCCC1CCC(C)(NC2C=CC=C2)C(C)(C)C1(C)[SiH](c1ccccc1)c1ccccc1. The molecule has 2 heteroatoms. The van der Waals surface area contributed by atoms with Crippen LogP contribution in [0.3, 0.4) is 0 Å². The smallest absolute Gasteiger partial charge is 0.109 e. The minimum Gasteiger partial charge on any atom is -0.301 e. The molecule has 0 saturated heterocycles. The van der Waals surface area contributed by atoms with E-state index in [0.29, 0.717) is 6.04 Å². The third kappa shape index (κ3) is 4.33. The predicted molar refractivity (Wildman–Crippen MR) is 147 cm³/mol. The maximum absolute atomic E-state index is 4.12. The summed E-state index contributed by atoms with van der Waals surface area (Å²) in [5.41, 5.74) is 0.201. The lowest BCUT2D eigenvalue weighted by Crippen LogP contribution is -2.70. The summed E-state index contributed by atoms with van der Waals surface area (Å²) in [4.78, 5) is 0. The highest BCUT2D eigenvalue weighted by Crippen LogP contribution is 2.65. The zero-order chi connectivity index (χ0) is 23.5. The molecule has 1 N–H and O–H groups in total. The Morgan fingerprint density at radius 3 is 1.91 bits per heavy atom. The third-order valence-electron chi connectivity index (χ3n) is 9.57. The topological polar surface area (TPSA) is 12.0 Å². The molecule has 0 aliphatic heterocycles. The summed E-state index contributed by atoms with van der Waals surface area (Å²) in [6.07, 6.45) is 15.5. The minimum absolute atomic E-state index is 0.0724. The van der Waals surface area contributed by atoms with Crippen molar-refractivity contribution in [2.24, 2.45) is 11.3 Å². The average molecular weight is 458 g/mol. The first-order valence-electron chi connectivity index (χ1n) is 13.1. The van der Waals surface area contributed by atoms with Crippen LogP contribution in [0.2, 0.25) is 5.04 Å². The summed E-state index contributed by atoms with van der Waals surface area (Å²) in [7, 11) is -1.58. The van der Waals surface area contributed by atoms with Gasteiger partial charge in [-0.05, 0) is 36.1 Å². The normalized spacial score (nSPS) is 29.1. The van der Waals surface area contributed by atoms with Crippen LogP contribution < -0.4 is 15.7 Å². The second-order valence-corrected chi connectivity index (χ2v) is 14.7. The first kappa shape index (κ1) is 24.2. The van der Waals surface area contributed by atoms with E-state index in [1.807, 2.05) is 0 Å². The molecular weight excluding hydrogens is 414 g/mol. The van der Waals surface area contributed by atoms with Gasteiger partial charge in [0.15, 0.2) is 0 Å². The van der Waals surface area contributed by atoms with Crippen molar-refractivity contribution in [2.75, 3.05) is 0 Å². The van der Waals surface area contributed by atoms with Gasteiger partial charge in [-0.1, -0.05) is 142 Å². The highest BCUT2D eigenvalue weighted by atomic mass is 28.3. The fraction of sp³-hybridized carbons (Fsp3) is 0.484. The molecule has 2 aromatic rings. The van der Waals surface area contributed by atoms with Crippen molar-refractivity contribution in [2.45, 2.75) is 83.3 Å². The molecule has 1 fully saturated rings. The highest BCUT2D eigenvalue weighted by Gasteiger charge is 2.62. The van der Waals surface area contributed by atoms with Gasteiger partial charge >= 0.3 is 0 Å². The molecule has 33 heavy (non-hydrogen) atoms. The molecule has 0 aromatic heterocycles. The molecule has 3 unspecified atom stereocenters. The summed E-state index contributed by atoms with van der Waals surface area (Å²) in [5.74, 6) is 0.745. The van der Waals surface area contributed by atoms with Gasteiger partial charge in [0.25, 0.3) is 0 Å². The maximum atomic E-state index is 4.12. The number of hydrogen-bond donors (Lipinski definition) is 1. The standard InChI is InChI=1S/C31H43NSi/c1-6-7-16-25-23-24-30(4,32-26-17-14-15-18-26)29(2,3)31(25,5)33(27-19-10-8-11-20-27)28-21-12-9-13-22-28/h8-15,17-22,25-26,32-33H,6-7,16,23-24H2,1-5H3. The molecule has 1 saturated carbocycles. The fourth-order valence-corrected chi connectivity index (χ4v) is 11.8. The Hall–Kier alpha value is -1.90. The van der Waals surface area contributed by atoms with E-state index in [9.17, 15) is 0 Å².